The van der Waals surface area contributed by atoms with E-state index in [-0.39, 0.29) is 18.1 Å². The second kappa shape index (κ2) is 9.12. The van der Waals surface area contributed by atoms with Crippen LogP contribution in [0.25, 0.3) is 10.2 Å². The quantitative estimate of drug-likeness (QED) is 0.573. The summed E-state index contributed by atoms with van der Waals surface area (Å²) in [7, 11) is 3.92. The van der Waals surface area contributed by atoms with Crippen molar-refractivity contribution in [1.82, 2.24) is 9.88 Å². The highest BCUT2D eigenvalue weighted by atomic mass is 32.1. The molecule has 7 heteroatoms. The Morgan fingerprint density at radius 1 is 1.14 bits per heavy atom. The van der Waals surface area contributed by atoms with Gasteiger partial charge in [0.05, 0.1) is 23.2 Å². The third-order valence-corrected chi connectivity index (χ3v) is 5.27. The number of rotatable bonds is 8. The summed E-state index contributed by atoms with van der Waals surface area (Å²) >= 11 is 1.33. The summed E-state index contributed by atoms with van der Waals surface area (Å²) in [5, 5.41) is 0.596. The highest BCUT2D eigenvalue weighted by molar-refractivity contribution is 7.22. The molecule has 0 aliphatic heterocycles. The molecule has 0 radical (unpaired) electrons. The van der Waals surface area contributed by atoms with Gasteiger partial charge in [-0.25, -0.2) is 9.37 Å². The van der Waals surface area contributed by atoms with Crippen LogP contribution in [0.5, 0.6) is 5.75 Å². The zero-order valence-electron chi connectivity index (χ0n) is 16.3. The summed E-state index contributed by atoms with van der Waals surface area (Å²) < 4.78 is 19.7. The van der Waals surface area contributed by atoms with Gasteiger partial charge in [-0.2, -0.15) is 0 Å². The van der Waals surface area contributed by atoms with E-state index in [9.17, 15) is 9.18 Å². The van der Waals surface area contributed by atoms with E-state index >= 15 is 0 Å². The number of ether oxygens (including phenoxy) is 1. The lowest BCUT2D eigenvalue weighted by Gasteiger charge is -2.22. The van der Waals surface area contributed by atoms with Crippen molar-refractivity contribution in [1.29, 1.82) is 0 Å². The Labute approximate surface area is 168 Å². The monoisotopic (exact) mass is 401 g/mol. The molecule has 2 aromatic carbocycles. The van der Waals surface area contributed by atoms with Gasteiger partial charge in [0.2, 0.25) is 5.91 Å². The fourth-order valence-corrected chi connectivity index (χ4v) is 3.80. The zero-order chi connectivity index (χ0) is 20.1. The van der Waals surface area contributed by atoms with Crippen LogP contribution >= 0.6 is 11.3 Å². The predicted molar refractivity (Wildman–Crippen MR) is 112 cm³/mol. The second-order valence-electron chi connectivity index (χ2n) is 6.71. The van der Waals surface area contributed by atoms with Crippen LogP contribution < -0.4 is 9.64 Å². The van der Waals surface area contributed by atoms with Gasteiger partial charge in [-0.1, -0.05) is 23.5 Å². The van der Waals surface area contributed by atoms with E-state index in [0.717, 1.165) is 16.0 Å². The van der Waals surface area contributed by atoms with Crippen molar-refractivity contribution in [3.05, 3.63) is 53.8 Å². The van der Waals surface area contributed by atoms with Crippen LogP contribution in [0.1, 0.15) is 12.5 Å². The first-order valence-electron chi connectivity index (χ1n) is 9.19. The number of benzene rings is 2. The van der Waals surface area contributed by atoms with Crippen LogP contribution in [-0.2, 0) is 11.2 Å². The third kappa shape index (κ3) is 5.05. The summed E-state index contributed by atoms with van der Waals surface area (Å²) in [5.41, 5.74) is 1.61. The Kier molecular flexibility index (Phi) is 6.59. The van der Waals surface area contributed by atoms with Crippen molar-refractivity contribution in [2.75, 3.05) is 38.7 Å². The Morgan fingerprint density at radius 3 is 2.57 bits per heavy atom. The van der Waals surface area contributed by atoms with E-state index in [0.29, 0.717) is 30.3 Å². The van der Waals surface area contributed by atoms with Gasteiger partial charge in [-0.3, -0.25) is 9.69 Å². The number of thiazole rings is 1. The number of carbonyl (C=O) groups excluding carboxylic acids is 1. The molecular weight excluding hydrogens is 377 g/mol. The molecule has 1 amide bonds. The highest BCUT2D eigenvalue weighted by Gasteiger charge is 2.20. The lowest BCUT2D eigenvalue weighted by atomic mass is 10.1. The Morgan fingerprint density at radius 2 is 1.89 bits per heavy atom. The molecule has 0 saturated heterocycles. The molecule has 0 aliphatic rings. The van der Waals surface area contributed by atoms with Gasteiger partial charge in [0.25, 0.3) is 0 Å². The summed E-state index contributed by atoms with van der Waals surface area (Å²) in [5.74, 6) is 0.449. The number of amides is 1. The molecule has 148 valence electrons. The van der Waals surface area contributed by atoms with Crippen LogP contribution in [0.15, 0.2) is 42.5 Å². The minimum absolute atomic E-state index is 0.0365. The number of fused-ring (bicyclic) bond motifs is 1. The van der Waals surface area contributed by atoms with Crippen LogP contribution in [0.3, 0.4) is 0 Å². The molecule has 0 saturated carbocycles. The maximum Gasteiger partial charge on any atom is 0.233 e. The number of anilines is 1. The highest BCUT2D eigenvalue weighted by Crippen LogP contribution is 2.30. The van der Waals surface area contributed by atoms with E-state index in [1.54, 1.807) is 11.0 Å². The Hall–Kier alpha value is -2.51. The number of halogens is 1. The minimum atomic E-state index is -0.303. The van der Waals surface area contributed by atoms with Crippen LogP contribution in [0.4, 0.5) is 9.52 Å². The lowest BCUT2D eigenvalue weighted by molar-refractivity contribution is -0.118. The van der Waals surface area contributed by atoms with Gasteiger partial charge in [0.15, 0.2) is 5.13 Å². The molecule has 0 N–H and O–H groups in total. The fourth-order valence-electron chi connectivity index (χ4n) is 2.77. The van der Waals surface area contributed by atoms with Gasteiger partial charge in [0, 0.05) is 13.1 Å². The molecule has 1 aromatic heterocycles. The van der Waals surface area contributed by atoms with Crippen LogP contribution in [-0.4, -0.2) is 49.6 Å². The van der Waals surface area contributed by atoms with E-state index in [4.69, 9.17) is 4.74 Å². The molecule has 0 atom stereocenters. The summed E-state index contributed by atoms with van der Waals surface area (Å²) in [6, 6.07) is 12.0. The first kappa shape index (κ1) is 20.2. The smallest absolute Gasteiger partial charge is 0.233 e. The van der Waals surface area contributed by atoms with E-state index in [1.807, 2.05) is 50.2 Å². The van der Waals surface area contributed by atoms with Gasteiger partial charge in [-0.15, -0.1) is 0 Å². The molecule has 1 heterocycles. The molecule has 3 aromatic rings. The van der Waals surface area contributed by atoms with E-state index < -0.39 is 0 Å². The van der Waals surface area contributed by atoms with Crippen molar-refractivity contribution < 1.29 is 13.9 Å². The lowest BCUT2D eigenvalue weighted by Crippen LogP contribution is -2.37. The van der Waals surface area contributed by atoms with E-state index in [1.165, 1.54) is 23.5 Å². The number of nitrogens with zero attached hydrogens (tertiary/aromatic N) is 3. The zero-order valence-corrected chi connectivity index (χ0v) is 17.1. The number of likely N-dealkylation sites (N-methyl/N-ethyl adjacent to an activating group) is 1. The topological polar surface area (TPSA) is 45.7 Å². The fraction of sp³-hybridized carbons (Fsp3) is 0.333. The maximum atomic E-state index is 13.5. The average molecular weight is 402 g/mol. The normalized spacial score (nSPS) is 11.2. The Balaban J connectivity index is 1.82. The standard InChI is InChI=1S/C21H24FN3O2S/c1-4-27-17-8-5-15(6-9-17)13-20(26)25(12-11-24(2)3)21-23-18-10-7-16(22)14-19(18)28-21/h5-10,14H,4,11-13H2,1-3H3. The van der Waals surface area contributed by atoms with Crippen molar-refractivity contribution in [2.45, 2.75) is 13.3 Å². The summed E-state index contributed by atoms with van der Waals surface area (Å²) in [6.07, 6.45) is 0.268. The molecule has 28 heavy (non-hydrogen) atoms. The SMILES string of the molecule is CCOc1ccc(CC(=O)N(CCN(C)C)c2nc3ccc(F)cc3s2)cc1. The molecule has 5 nitrogen and oxygen atoms in total. The van der Waals surface area contributed by atoms with E-state index in [2.05, 4.69) is 4.98 Å². The van der Waals surface area contributed by atoms with Crippen molar-refractivity contribution in [3.63, 3.8) is 0 Å². The Bertz CT molecular complexity index is 940. The number of hydrogen-bond acceptors (Lipinski definition) is 5. The van der Waals surface area contributed by atoms with Gasteiger partial charge in [-0.05, 0) is 56.9 Å². The molecule has 0 unspecified atom stereocenters. The average Bonchev–Trinajstić information content (AvgIpc) is 3.06. The molecule has 0 spiro atoms. The molecule has 0 fully saturated rings. The largest absolute Gasteiger partial charge is 0.494 e. The first-order valence-corrected chi connectivity index (χ1v) is 10.0. The number of hydrogen-bond donors (Lipinski definition) is 0. The predicted octanol–water partition coefficient (Wildman–Crippen LogP) is 3.97. The van der Waals surface area contributed by atoms with Crippen molar-refractivity contribution in [2.24, 2.45) is 0 Å². The van der Waals surface area contributed by atoms with Gasteiger partial charge < -0.3 is 9.64 Å². The minimum Gasteiger partial charge on any atom is -0.494 e. The van der Waals surface area contributed by atoms with Crippen LogP contribution in [0, 0.1) is 5.82 Å². The van der Waals surface area contributed by atoms with Gasteiger partial charge in [0.1, 0.15) is 11.6 Å². The summed E-state index contributed by atoms with van der Waals surface area (Å²) in [6.45, 7) is 3.77. The maximum absolute atomic E-state index is 13.5. The number of aromatic nitrogens is 1. The second-order valence-corrected chi connectivity index (χ2v) is 7.72. The molecule has 0 bridgehead atoms. The number of carbonyl (C=O) groups is 1. The molecular formula is C21H24FN3O2S. The molecule has 3 rings (SSSR count). The van der Waals surface area contributed by atoms with Crippen molar-refractivity contribution in [3.8, 4) is 5.75 Å². The molecule has 0 aliphatic carbocycles. The van der Waals surface area contributed by atoms with Crippen LogP contribution in [0.2, 0.25) is 0 Å². The first-order chi connectivity index (χ1) is 13.5. The third-order valence-electron chi connectivity index (χ3n) is 4.23. The van der Waals surface area contributed by atoms with Crippen molar-refractivity contribution >= 4 is 32.6 Å². The van der Waals surface area contributed by atoms with Gasteiger partial charge >= 0.3 is 0 Å². The summed E-state index contributed by atoms with van der Waals surface area (Å²) in [4.78, 5) is 21.3.